The minimum Gasteiger partial charge on any atom is -0.467 e. The second-order valence-corrected chi connectivity index (χ2v) is 9.01. The average Bonchev–Trinajstić information content (AvgIpc) is 3.68. The number of carbonyl (C=O) groups is 6. The number of nitrogens with one attached hydrogen (secondary N) is 4. The summed E-state index contributed by atoms with van der Waals surface area (Å²) in [4.78, 5) is 91.0. The number of aromatic amines is 2. The minimum atomic E-state index is -1.22. The van der Waals surface area contributed by atoms with Gasteiger partial charge in [0.2, 0.25) is 0 Å². The second kappa shape index (κ2) is 13.7. The van der Waals surface area contributed by atoms with Crippen LogP contribution in [0.15, 0.2) is 31.1 Å². The largest absolute Gasteiger partial charge is 0.467 e. The van der Waals surface area contributed by atoms with Crippen LogP contribution in [0.2, 0.25) is 0 Å². The summed E-state index contributed by atoms with van der Waals surface area (Å²) in [5.41, 5.74) is -0.633. The van der Waals surface area contributed by atoms with Gasteiger partial charge in [0.05, 0.1) is 38.0 Å². The van der Waals surface area contributed by atoms with E-state index in [4.69, 9.17) is 15.9 Å². The van der Waals surface area contributed by atoms with Gasteiger partial charge in [0.25, 0.3) is 11.8 Å². The fraction of sp³-hybridized carbons (Fsp3) is 0.286. The lowest BCUT2D eigenvalue weighted by Gasteiger charge is -2.21. The van der Waals surface area contributed by atoms with Crippen LogP contribution in [0.25, 0.3) is 0 Å². The van der Waals surface area contributed by atoms with Gasteiger partial charge in [-0.05, 0) is 19.9 Å². The van der Waals surface area contributed by atoms with Crippen LogP contribution in [0.4, 0.5) is 0 Å². The van der Waals surface area contributed by atoms with E-state index in [1.807, 2.05) is 0 Å². The number of imidazole rings is 2. The number of Topliss-reactive ketones (excluding diaryl/α,β-unsaturated/α-hetero) is 2. The molecule has 14 heteroatoms. The van der Waals surface area contributed by atoms with Gasteiger partial charge in [0, 0.05) is 53.3 Å². The SMILES string of the molecule is C#Cc1c(C(C)=O)c(C(=O)N[C@@H](Cc2cnc[nH]2)C(=O)OC)cc(C(=O)N[C@H](Cc2cnc[nH]2)C(=O)OC)c1C(C)=O. The Hall–Kier alpha value is -5.58. The number of nitrogens with zero attached hydrogens (tertiary/aromatic N) is 2. The summed E-state index contributed by atoms with van der Waals surface area (Å²) < 4.78 is 9.61. The zero-order chi connectivity index (χ0) is 31.0. The number of terminal acetylenes is 1. The van der Waals surface area contributed by atoms with Gasteiger partial charge >= 0.3 is 11.9 Å². The van der Waals surface area contributed by atoms with Gasteiger partial charge < -0.3 is 30.1 Å². The van der Waals surface area contributed by atoms with Crippen molar-refractivity contribution in [1.29, 1.82) is 0 Å². The fourth-order valence-corrected chi connectivity index (χ4v) is 4.29. The van der Waals surface area contributed by atoms with Crippen molar-refractivity contribution in [2.24, 2.45) is 0 Å². The van der Waals surface area contributed by atoms with Crippen LogP contribution < -0.4 is 10.6 Å². The van der Waals surface area contributed by atoms with Crippen LogP contribution >= 0.6 is 0 Å². The molecule has 2 aromatic heterocycles. The molecule has 0 aliphatic heterocycles. The number of amides is 2. The van der Waals surface area contributed by atoms with Gasteiger partial charge in [-0.1, -0.05) is 5.92 Å². The van der Waals surface area contributed by atoms with Gasteiger partial charge in [0.15, 0.2) is 11.6 Å². The first-order valence-corrected chi connectivity index (χ1v) is 12.4. The van der Waals surface area contributed by atoms with Gasteiger partial charge in [0.1, 0.15) is 12.1 Å². The molecule has 2 atom stereocenters. The standard InChI is InChI=1S/C28H28N6O8/c1-6-18-23(14(2)35)19(25(37)33-21(27(39)41-4)7-16-10-29-12-31-16)9-20(24(18)15(3)36)26(38)34-22(28(40)42-5)8-17-11-30-13-32-17/h1,9-13,21-22H,7-8H2,2-5H3,(H,29,31)(H,30,32)(H,33,37)(H,34,38)/t21-,22+. The lowest BCUT2D eigenvalue weighted by molar-refractivity contribution is -0.143. The van der Waals surface area contributed by atoms with Gasteiger partial charge in [-0.3, -0.25) is 19.2 Å². The third kappa shape index (κ3) is 6.94. The van der Waals surface area contributed by atoms with E-state index < -0.39 is 47.4 Å². The van der Waals surface area contributed by atoms with E-state index in [1.165, 1.54) is 25.0 Å². The lowest BCUT2D eigenvalue weighted by Crippen LogP contribution is -2.45. The maximum Gasteiger partial charge on any atom is 0.328 e. The van der Waals surface area contributed by atoms with E-state index in [1.54, 1.807) is 0 Å². The summed E-state index contributed by atoms with van der Waals surface area (Å²) in [5, 5.41) is 5.00. The molecule has 0 aliphatic carbocycles. The summed E-state index contributed by atoms with van der Waals surface area (Å²) in [6, 6.07) is -1.42. The van der Waals surface area contributed by atoms with Crippen molar-refractivity contribution in [1.82, 2.24) is 30.6 Å². The quantitative estimate of drug-likeness (QED) is 0.134. The van der Waals surface area contributed by atoms with E-state index in [0.29, 0.717) is 11.4 Å². The molecule has 0 saturated carbocycles. The Labute approximate surface area is 240 Å². The summed E-state index contributed by atoms with van der Waals surface area (Å²) in [5.74, 6) is -2.57. The molecule has 218 valence electrons. The molecule has 1 aromatic carbocycles. The van der Waals surface area contributed by atoms with Crippen molar-refractivity contribution >= 4 is 35.3 Å². The number of ether oxygens (including phenoxy) is 2. The van der Waals surface area contributed by atoms with Gasteiger partial charge in [-0.15, -0.1) is 6.42 Å². The number of methoxy groups -OCH3 is 2. The molecule has 2 heterocycles. The molecule has 42 heavy (non-hydrogen) atoms. The summed E-state index contributed by atoms with van der Waals surface area (Å²) >= 11 is 0. The van der Waals surface area contributed by atoms with Crippen molar-refractivity contribution in [3.63, 3.8) is 0 Å². The first-order chi connectivity index (χ1) is 20.0. The van der Waals surface area contributed by atoms with E-state index in [2.05, 4.69) is 36.5 Å². The maximum absolute atomic E-state index is 13.6. The van der Waals surface area contributed by atoms with E-state index in [-0.39, 0.29) is 40.7 Å². The smallest absolute Gasteiger partial charge is 0.328 e. The zero-order valence-corrected chi connectivity index (χ0v) is 23.2. The van der Waals surface area contributed by atoms with E-state index in [9.17, 15) is 28.8 Å². The Balaban J connectivity index is 2.12. The minimum absolute atomic E-state index is 0.0386. The zero-order valence-electron chi connectivity index (χ0n) is 23.2. The Morgan fingerprint density at radius 1 is 0.810 bits per heavy atom. The summed E-state index contributed by atoms with van der Waals surface area (Å²) in [6.07, 6.45) is 11.3. The molecule has 0 unspecified atom stereocenters. The molecule has 0 aliphatic rings. The van der Waals surface area contributed by atoms with Crippen LogP contribution in [0, 0.1) is 12.3 Å². The molecular weight excluding hydrogens is 548 g/mol. The second-order valence-electron chi connectivity index (χ2n) is 9.01. The lowest BCUT2D eigenvalue weighted by atomic mass is 9.87. The molecule has 0 fully saturated rings. The van der Waals surface area contributed by atoms with Crippen molar-refractivity contribution in [3.8, 4) is 12.3 Å². The molecule has 0 bridgehead atoms. The molecule has 14 nitrogen and oxygen atoms in total. The Morgan fingerprint density at radius 2 is 1.21 bits per heavy atom. The number of hydrogen-bond acceptors (Lipinski definition) is 10. The molecule has 2 amide bonds. The number of ketones is 2. The fourth-order valence-electron chi connectivity index (χ4n) is 4.29. The highest BCUT2D eigenvalue weighted by molar-refractivity contribution is 6.17. The van der Waals surface area contributed by atoms with Crippen molar-refractivity contribution in [2.75, 3.05) is 14.2 Å². The molecule has 0 spiro atoms. The van der Waals surface area contributed by atoms with Gasteiger partial charge in [-0.25, -0.2) is 19.6 Å². The summed E-state index contributed by atoms with van der Waals surface area (Å²) in [7, 11) is 2.27. The maximum atomic E-state index is 13.6. The number of hydrogen-bond donors (Lipinski definition) is 4. The number of benzene rings is 1. The van der Waals surface area contributed by atoms with Crippen LogP contribution in [-0.2, 0) is 31.9 Å². The predicted octanol–water partition coefficient (Wildman–Crippen LogP) is 0.548. The number of aromatic nitrogens is 4. The highest BCUT2D eigenvalue weighted by Gasteiger charge is 2.32. The molecule has 4 N–H and O–H groups in total. The van der Waals surface area contributed by atoms with Gasteiger partial charge in [-0.2, -0.15) is 0 Å². The third-order valence-electron chi connectivity index (χ3n) is 6.20. The first-order valence-electron chi connectivity index (χ1n) is 12.4. The number of H-pyrrole nitrogens is 2. The monoisotopic (exact) mass is 576 g/mol. The topological polar surface area (TPSA) is 202 Å². The molecule has 3 rings (SSSR count). The van der Waals surface area contributed by atoms with Crippen molar-refractivity contribution < 1.29 is 38.2 Å². The highest BCUT2D eigenvalue weighted by atomic mass is 16.5. The Kier molecular flexibility index (Phi) is 10.1. The van der Waals surface area contributed by atoms with Crippen molar-refractivity contribution in [3.05, 3.63) is 70.3 Å². The molecule has 0 saturated heterocycles. The molecular formula is C28H28N6O8. The first kappa shape index (κ1) is 31.0. The Morgan fingerprint density at radius 3 is 1.50 bits per heavy atom. The molecule has 0 radical (unpaired) electrons. The number of rotatable bonds is 12. The molecule has 3 aromatic rings. The highest BCUT2D eigenvalue weighted by Crippen LogP contribution is 2.26. The number of esters is 2. The van der Waals surface area contributed by atoms with Crippen LogP contribution in [-0.4, -0.2) is 81.6 Å². The summed E-state index contributed by atoms with van der Waals surface area (Å²) in [6.45, 7) is 2.27. The van der Waals surface area contributed by atoms with Crippen molar-refractivity contribution in [2.45, 2.75) is 38.8 Å². The van der Waals surface area contributed by atoms with E-state index >= 15 is 0 Å². The van der Waals surface area contributed by atoms with Crippen LogP contribution in [0.3, 0.4) is 0 Å². The normalized spacial score (nSPS) is 11.9. The average molecular weight is 577 g/mol. The van der Waals surface area contributed by atoms with Crippen LogP contribution in [0.1, 0.15) is 72.2 Å². The number of carbonyl (C=O) groups excluding carboxylic acids is 6. The third-order valence-corrected chi connectivity index (χ3v) is 6.20. The Bertz CT molecular complexity index is 1450. The predicted molar refractivity (Wildman–Crippen MR) is 146 cm³/mol. The van der Waals surface area contributed by atoms with E-state index in [0.717, 1.165) is 34.1 Å². The van der Waals surface area contributed by atoms with Crippen LogP contribution in [0.5, 0.6) is 0 Å².